The average Bonchev–Trinajstić information content (AvgIpc) is 2.78. The van der Waals surface area contributed by atoms with Crippen molar-refractivity contribution in [3.05, 3.63) is 54.6 Å². The molecule has 0 aliphatic heterocycles. The maximum atomic E-state index is 3.87. The van der Waals surface area contributed by atoms with Crippen molar-refractivity contribution in [2.45, 2.75) is 26.3 Å². The number of hydrogen-bond donors (Lipinski definition) is 0. The zero-order valence-electron chi connectivity index (χ0n) is 11.4. The van der Waals surface area contributed by atoms with Gasteiger partial charge >= 0.3 is 0 Å². The van der Waals surface area contributed by atoms with Crippen LogP contribution in [0.4, 0.5) is 0 Å². The van der Waals surface area contributed by atoms with Crippen molar-refractivity contribution in [3.63, 3.8) is 0 Å². The van der Waals surface area contributed by atoms with Crippen LogP contribution in [0.3, 0.4) is 0 Å². The van der Waals surface area contributed by atoms with Crippen molar-refractivity contribution in [1.82, 2.24) is 4.57 Å². The van der Waals surface area contributed by atoms with Crippen LogP contribution in [0, 0.1) is 0 Å². The van der Waals surface area contributed by atoms with Gasteiger partial charge in [0.2, 0.25) is 0 Å². The lowest BCUT2D eigenvalue weighted by molar-refractivity contribution is 0.665. The van der Waals surface area contributed by atoms with Crippen molar-refractivity contribution in [2.24, 2.45) is 0 Å². The molecule has 0 saturated carbocycles. The van der Waals surface area contributed by atoms with E-state index in [0.717, 1.165) is 6.54 Å². The summed E-state index contributed by atoms with van der Waals surface area (Å²) in [6.07, 6.45) is 4.35. The number of para-hydroxylation sites is 1. The topological polar surface area (TPSA) is 4.93 Å². The van der Waals surface area contributed by atoms with Gasteiger partial charge in [0, 0.05) is 28.4 Å². The average molecular weight is 249 g/mol. The Labute approximate surface area is 114 Å². The summed E-state index contributed by atoms with van der Waals surface area (Å²) < 4.78 is 2.45. The molecule has 3 rings (SSSR count). The molecule has 0 fully saturated rings. The molecule has 2 aromatic carbocycles. The van der Waals surface area contributed by atoms with E-state index in [1.165, 1.54) is 40.2 Å². The Hall–Kier alpha value is -2.02. The molecule has 0 unspecified atom stereocenters. The Morgan fingerprint density at radius 3 is 2.63 bits per heavy atom. The van der Waals surface area contributed by atoms with Gasteiger partial charge in [0.05, 0.1) is 0 Å². The first-order valence-electron chi connectivity index (χ1n) is 6.98. The molecule has 0 spiro atoms. The summed E-state index contributed by atoms with van der Waals surface area (Å²) in [5.74, 6) is 0. The first kappa shape index (κ1) is 12.0. The van der Waals surface area contributed by atoms with Crippen LogP contribution in [0.25, 0.3) is 27.9 Å². The lowest BCUT2D eigenvalue weighted by Gasteiger charge is -2.06. The Morgan fingerprint density at radius 1 is 1.05 bits per heavy atom. The fourth-order valence-corrected chi connectivity index (χ4v) is 2.75. The maximum absolute atomic E-state index is 3.87. The Kier molecular flexibility index (Phi) is 3.12. The number of benzene rings is 2. The van der Waals surface area contributed by atoms with Gasteiger partial charge < -0.3 is 4.57 Å². The summed E-state index contributed by atoms with van der Waals surface area (Å²) in [5, 5.41) is 2.70. The van der Waals surface area contributed by atoms with E-state index in [-0.39, 0.29) is 0 Å². The number of rotatable bonds is 4. The highest BCUT2D eigenvalue weighted by atomic mass is 15.0. The van der Waals surface area contributed by atoms with Gasteiger partial charge in [-0.05, 0) is 24.1 Å². The van der Waals surface area contributed by atoms with Crippen LogP contribution in [0.5, 0.6) is 0 Å². The second-order valence-corrected chi connectivity index (χ2v) is 5.00. The van der Waals surface area contributed by atoms with Crippen LogP contribution in [0.1, 0.15) is 25.3 Å². The summed E-state index contributed by atoms with van der Waals surface area (Å²) >= 11 is 0. The van der Waals surface area contributed by atoms with E-state index >= 15 is 0 Å². The smallest absolute Gasteiger partial charge is 0.0497 e. The predicted octanol–water partition coefficient (Wildman–Crippen LogP) is 5.24. The second-order valence-electron chi connectivity index (χ2n) is 5.00. The van der Waals surface area contributed by atoms with E-state index in [4.69, 9.17) is 0 Å². The standard InChI is InChI=1S/C18H19N/c1-3-5-12-19-17-9-7-6-8-15(17)16-11-10-14(4-2)13-18(16)19/h4,6-11,13H,2-3,5,12H2,1H3. The number of hydrogen-bond acceptors (Lipinski definition) is 0. The first-order chi connectivity index (χ1) is 9.35. The molecular weight excluding hydrogens is 230 g/mol. The molecule has 19 heavy (non-hydrogen) atoms. The highest BCUT2D eigenvalue weighted by Crippen LogP contribution is 2.30. The molecule has 0 aliphatic rings. The van der Waals surface area contributed by atoms with E-state index in [1.54, 1.807) is 0 Å². The molecule has 0 aliphatic carbocycles. The monoisotopic (exact) mass is 249 g/mol. The Balaban J connectivity index is 2.34. The highest BCUT2D eigenvalue weighted by Gasteiger charge is 2.09. The minimum Gasteiger partial charge on any atom is -0.340 e. The van der Waals surface area contributed by atoms with Crippen LogP contribution in [-0.2, 0) is 6.54 Å². The minimum absolute atomic E-state index is 1.08. The molecule has 96 valence electrons. The summed E-state index contributed by atoms with van der Waals surface area (Å²) in [6, 6.07) is 15.3. The molecule has 0 bridgehead atoms. The van der Waals surface area contributed by atoms with Crippen LogP contribution in [0.15, 0.2) is 49.0 Å². The van der Waals surface area contributed by atoms with Crippen molar-refractivity contribution in [2.75, 3.05) is 0 Å². The van der Waals surface area contributed by atoms with Crippen molar-refractivity contribution in [1.29, 1.82) is 0 Å². The van der Waals surface area contributed by atoms with Crippen molar-refractivity contribution >= 4 is 27.9 Å². The summed E-state index contributed by atoms with van der Waals surface area (Å²) in [5.41, 5.74) is 3.85. The van der Waals surface area contributed by atoms with E-state index < -0.39 is 0 Å². The fraction of sp³-hybridized carbons (Fsp3) is 0.222. The number of nitrogens with zero attached hydrogens (tertiary/aromatic N) is 1. The second kappa shape index (κ2) is 4.93. The molecular formula is C18H19N. The fourth-order valence-electron chi connectivity index (χ4n) is 2.75. The summed E-state index contributed by atoms with van der Waals surface area (Å²) in [4.78, 5) is 0. The van der Waals surface area contributed by atoms with Gasteiger partial charge in [-0.15, -0.1) is 0 Å². The van der Waals surface area contributed by atoms with Gasteiger partial charge in [-0.25, -0.2) is 0 Å². The number of unbranched alkanes of at least 4 members (excludes halogenated alkanes) is 1. The molecule has 1 aromatic heterocycles. The molecule has 0 saturated heterocycles. The lowest BCUT2D eigenvalue weighted by Crippen LogP contribution is -1.96. The molecule has 1 heteroatoms. The molecule has 0 radical (unpaired) electrons. The van der Waals surface area contributed by atoms with E-state index in [1.807, 2.05) is 6.08 Å². The zero-order chi connectivity index (χ0) is 13.2. The highest BCUT2D eigenvalue weighted by molar-refractivity contribution is 6.08. The van der Waals surface area contributed by atoms with Gasteiger partial charge in [-0.1, -0.05) is 56.3 Å². The Bertz CT molecular complexity index is 734. The molecule has 0 atom stereocenters. The van der Waals surface area contributed by atoms with Crippen LogP contribution in [0.2, 0.25) is 0 Å². The third-order valence-electron chi connectivity index (χ3n) is 3.77. The normalized spacial score (nSPS) is 11.2. The van der Waals surface area contributed by atoms with E-state index in [2.05, 4.69) is 60.5 Å². The molecule has 0 amide bonds. The third kappa shape index (κ3) is 1.95. The van der Waals surface area contributed by atoms with Gasteiger partial charge in [-0.3, -0.25) is 0 Å². The largest absolute Gasteiger partial charge is 0.340 e. The van der Waals surface area contributed by atoms with Crippen molar-refractivity contribution < 1.29 is 0 Å². The van der Waals surface area contributed by atoms with Crippen LogP contribution >= 0.6 is 0 Å². The van der Waals surface area contributed by atoms with Gasteiger partial charge in [0.25, 0.3) is 0 Å². The van der Waals surface area contributed by atoms with Gasteiger partial charge in [0.1, 0.15) is 0 Å². The predicted molar refractivity (Wildman–Crippen MR) is 84.4 cm³/mol. The van der Waals surface area contributed by atoms with E-state index in [9.17, 15) is 0 Å². The number of aromatic nitrogens is 1. The van der Waals surface area contributed by atoms with Gasteiger partial charge in [-0.2, -0.15) is 0 Å². The molecule has 1 heterocycles. The molecule has 0 N–H and O–H groups in total. The zero-order valence-corrected chi connectivity index (χ0v) is 11.4. The third-order valence-corrected chi connectivity index (χ3v) is 3.77. The maximum Gasteiger partial charge on any atom is 0.0497 e. The molecule has 1 nitrogen and oxygen atoms in total. The minimum atomic E-state index is 1.08. The lowest BCUT2D eigenvalue weighted by atomic mass is 10.1. The SMILES string of the molecule is C=Cc1ccc2c3ccccc3n(CCCC)c2c1. The Morgan fingerprint density at radius 2 is 1.84 bits per heavy atom. The van der Waals surface area contributed by atoms with Crippen LogP contribution < -0.4 is 0 Å². The van der Waals surface area contributed by atoms with Crippen LogP contribution in [-0.4, -0.2) is 4.57 Å². The molecule has 3 aromatic rings. The van der Waals surface area contributed by atoms with E-state index in [0.29, 0.717) is 0 Å². The number of fused-ring (bicyclic) bond motifs is 3. The first-order valence-corrected chi connectivity index (χ1v) is 6.98. The summed E-state index contributed by atoms with van der Waals surface area (Å²) in [6.45, 7) is 7.20. The summed E-state index contributed by atoms with van der Waals surface area (Å²) in [7, 11) is 0. The number of aryl methyl sites for hydroxylation is 1. The van der Waals surface area contributed by atoms with Gasteiger partial charge in [0.15, 0.2) is 0 Å². The van der Waals surface area contributed by atoms with Crippen molar-refractivity contribution in [3.8, 4) is 0 Å². The quantitative estimate of drug-likeness (QED) is 0.596.